The molecule has 7 heteroatoms. The molecule has 3 aromatic heterocycles. The maximum absolute atomic E-state index is 12.9. The van der Waals surface area contributed by atoms with E-state index >= 15 is 0 Å². The van der Waals surface area contributed by atoms with Crippen LogP contribution >= 0.6 is 0 Å². The van der Waals surface area contributed by atoms with Gasteiger partial charge in [0.2, 0.25) is 5.95 Å². The molecule has 0 aliphatic heterocycles. The number of nitrogens with zero attached hydrogens (tertiary/aromatic N) is 5. The molecule has 0 amide bonds. The summed E-state index contributed by atoms with van der Waals surface area (Å²) in [6.45, 7) is 4.00. The Kier molecular flexibility index (Phi) is 4.12. The minimum absolute atomic E-state index is 0.193. The molecule has 0 radical (unpaired) electrons. The number of nitrogens with one attached hydrogen (secondary N) is 1. The predicted octanol–water partition coefficient (Wildman–Crippen LogP) is 3.15. The molecule has 0 spiro atoms. The molecule has 1 aromatic carbocycles. The van der Waals surface area contributed by atoms with Crippen molar-refractivity contribution in [3.8, 4) is 11.3 Å². The summed E-state index contributed by atoms with van der Waals surface area (Å²) >= 11 is 0. The molecule has 0 bridgehead atoms. The van der Waals surface area contributed by atoms with Gasteiger partial charge >= 0.3 is 0 Å². The van der Waals surface area contributed by atoms with Gasteiger partial charge in [-0.25, -0.2) is 9.97 Å². The van der Waals surface area contributed by atoms with E-state index < -0.39 is 0 Å². The SMILES string of the molecule is Cc1cc(C)cc(-c2nc3cnc(Nc4ccncc4)nc3n(C)c2=O)c1. The van der Waals surface area contributed by atoms with Crippen LogP contribution in [0.25, 0.3) is 22.4 Å². The van der Waals surface area contributed by atoms with Crippen molar-refractivity contribution >= 4 is 22.8 Å². The van der Waals surface area contributed by atoms with Gasteiger partial charge in [-0.3, -0.25) is 14.3 Å². The number of rotatable bonds is 3. The maximum Gasteiger partial charge on any atom is 0.278 e. The smallest absolute Gasteiger partial charge is 0.278 e. The number of benzene rings is 1. The lowest BCUT2D eigenvalue weighted by molar-refractivity contribution is 0.873. The molecule has 0 unspecified atom stereocenters. The highest BCUT2D eigenvalue weighted by atomic mass is 16.1. The van der Waals surface area contributed by atoms with Crippen molar-refractivity contribution in [2.24, 2.45) is 7.05 Å². The molecule has 0 saturated carbocycles. The van der Waals surface area contributed by atoms with Crippen molar-refractivity contribution in [1.82, 2.24) is 24.5 Å². The molecule has 0 saturated heterocycles. The van der Waals surface area contributed by atoms with Crippen LogP contribution in [0.1, 0.15) is 11.1 Å². The molecule has 0 aliphatic carbocycles. The average Bonchev–Trinajstić information content (AvgIpc) is 2.65. The van der Waals surface area contributed by atoms with E-state index in [1.807, 2.05) is 38.1 Å². The molecular weight excluding hydrogens is 340 g/mol. The number of aromatic nitrogens is 5. The minimum Gasteiger partial charge on any atom is -0.324 e. The fourth-order valence-corrected chi connectivity index (χ4v) is 3.04. The summed E-state index contributed by atoms with van der Waals surface area (Å²) in [5.74, 6) is 0.393. The Hall–Kier alpha value is -3.61. The summed E-state index contributed by atoms with van der Waals surface area (Å²) in [4.78, 5) is 30.2. The second kappa shape index (κ2) is 6.60. The Morgan fingerprint density at radius 3 is 2.41 bits per heavy atom. The Morgan fingerprint density at radius 1 is 1.00 bits per heavy atom. The van der Waals surface area contributed by atoms with Gasteiger partial charge in [-0.2, -0.15) is 4.98 Å². The Morgan fingerprint density at radius 2 is 1.70 bits per heavy atom. The van der Waals surface area contributed by atoms with Gasteiger partial charge in [0.25, 0.3) is 5.56 Å². The van der Waals surface area contributed by atoms with Crippen molar-refractivity contribution in [1.29, 1.82) is 0 Å². The predicted molar refractivity (Wildman–Crippen MR) is 105 cm³/mol. The third-order valence-corrected chi connectivity index (χ3v) is 4.24. The fraction of sp³-hybridized carbons (Fsp3) is 0.150. The van der Waals surface area contributed by atoms with Crippen molar-refractivity contribution < 1.29 is 0 Å². The Bertz CT molecular complexity index is 1180. The first-order valence-corrected chi connectivity index (χ1v) is 8.51. The van der Waals surface area contributed by atoms with Crippen LogP contribution in [-0.2, 0) is 7.05 Å². The molecule has 27 heavy (non-hydrogen) atoms. The average molecular weight is 358 g/mol. The van der Waals surface area contributed by atoms with Crippen LogP contribution in [0.3, 0.4) is 0 Å². The normalized spacial score (nSPS) is 10.9. The number of anilines is 2. The van der Waals surface area contributed by atoms with Gasteiger partial charge in [-0.05, 0) is 38.1 Å². The lowest BCUT2D eigenvalue weighted by atomic mass is 10.1. The van der Waals surface area contributed by atoms with Crippen LogP contribution in [0.2, 0.25) is 0 Å². The first kappa shape index (κ1) is 16.8. The molecule has 4 rings (SSSR count). The highest BCUT2D eigenvalue weighted by Crippen LogP contribution is 2.20. The van der Waals surface area contributed by atoms with Gasteiger partial charge in [-0.1, -0.05) is 17.2 Å². The molecule has 0 atom stereocenters. The van der Waals surface area contributed by atoms with Crippen LogP contribution in [0.15, 0.2) is 53.7 Å². The zero-order chi connectivity index (χ0) is 19.0. The van der Waals surface area contributed by atoms with Crippen LogP contribution in [0.5, 0.6) is 0 Å². The van der Waals surface area contributed by atoms with Gasteiger partial charge in [0.15, 0.2) is 5.65 Å². The lowest BCUT2D eigenvalue weighted by Crippen LogP contribution is -2.22. The minimum atomic E-state index is -0.193. The molecule has 3 heterocycles. The lowest BCUT2D eigenvalue weighted by Gasteiger charge is -2.10. The standard InChI is InChI=1S/C20H18N6O/c1-12-8-13(2)10-14(9-12)17-19(27)26(3)18-16(24-17)11-22-20(25-18)23-15-4-6-21-7-5-15/h4-11H,1-3H3,(H,21,22,23,25). The van der Waals surface area contributed by atoms with Gasteiger partial charge in [0, 0.05) is 30.7 Å². The number of fused-ring (bicyclic) bond motifs is 1. The molecule has 7 nitrogen and oxygen atoms in total. The quantitative estimate of drug-likeness (QED) is 0.605. The van der Waals surface area contributed by atoms with Crippen molar-refractivity contribution in [2.75, 3.05) is 5.32 Å². The summed E-state index contributed by atoms with van der Waals surface area (Å²) in [5.41, 5.74) is 5.02. The zero-order valence-electron chi connectivity index (χ0n) is 15.3. The summed E-state index contributed by atoms with van der Waals surface area (Å²) in [6, 6.07) is 9.61. The van der Waals surface area contributed by atoms with Crippen molar-refractivity contribution in [2.45, 2.75) is 13.8 Å². The first-order chi connectivity index (χ1) is 13.0. The van der Waals surface area contributed by atoms with E-state index in [0.717, 1.165) is 22.4 Å². The molecule has 0 aliphatic rings. The number of pyridine rings is 1. The Balaban J connectivity index is 1.83. The zero-order valence-corrected chi connectivity index (χ0v) is 15.3. The largest absolute Gasteiger partial charge is 0.324 e. The summed E-state index contributed by atoms with van der Waals surface area (Å²) < 4.78 is 1.51. The van der Waals surface area contributed by atoms with E-state index in [-0.39, 0.29) is 5.56 Å². The van der Waals surface area contributed by atoms with Crippen molar-refractivity contribution in [3.05, 3.63) is 70.4 Å². The molecular formula is C20H18N6O. The van der Waals surface area contributed by atoms with Gasteiger partial charge in [0.05, 0.1) is 6.20 Å². The highest BCUT2D eigenvalue weighted by molar-refractivity contribution is 5.75. The fourth-order valence-electron chi connectivity index (χ4n) is 3.04. The van der Waals surface area contributed by atoms with Gasteiger partial charge in [0.1, 0.15) is 11.2 Å². The van der Waals surface area contributed by atoms with Crippen LogP contribution < -0.4 is 10.9 Å². The topological polar surface area (TPSA) is 85.6 Å². The highest BCUT2D eigenvalue weighted by Gasteiger charge is 2.13. The molecule has 134 valence electrons. The summed E-state index contributed by atoms with van der Waals surface area (Å²) in [6.07, 6.45) is 4.98. The monoisotopic (exact) mass is 358 g/mol. The van der Waals surface area contributed by atoms with E-state index in [1.54, 1.807) is 25.6 Å². The molecule has 1 N–H and O–H groups in total. The number of aryl methyl sites for hydroxylation is 3. The van der Waals surface area contributed by atoms with E-state index in [1.165, 1.54) is 4.57 Å². The third kappa shape index (κ3) is 3.27. The van der Waals surface area contributed by atoms with Gasteiger partial charge < -0.3 is 5.32 Å². The van der Waals surface area contributed by atoms with E-state index in [2.05, 4.69) is 31.3 Å². The molecule has 4 aromatic rings. The maximum atomic E-state index is 12.9. The molecule has 0 fully saturated rings. The van der Waals surface area contributed by atoms with E-state index in [9.17, 15) is 4.79 Å². The van der Waals surface area contributed by atoms with Crippen LogP contribution in [0.4, 0.5) is 11.6 Å². The summed E-state index contributed by atoms with van der Waals surface area (Å²) in [7, 11) is 1.70. The van der Waals surface area contributed by atoms with E-state index in [0.29, 0.717) is 22.8 Å². The second-order valence-electron chi connectivity index (χ2n) is 6.46. The Labute approximate surface area is 155 Å². The van der Waals surface area contributed by atoms with Crippen LogP contribution in [-0.4, -0.2) is 24.5 Å². The van der Waals surface area contributed by atoms with Crippen LogP contribution in [0, 0.1) is 13.8 Å². The van der Waals surface area contributed by atoms with E-state index in [4.69, 9.17) is 0 Å². The van der Waals surface area contributed by atoms with Crippen molar-refractivity contribution in [3.63, 3.8) is 0 Å². The first-order valence-electron chi connectivity index (χ1n) is 8.51. The number of hydrogen-bond donors (Lipinski definition) is 1. The number of hydrogen-bond acceptors (Lipinski definition) is 6. The third-order valence-electron chi connectivity index (χ3n) is 4.24. The van der Waals surface area contributed by atoms with Gasteiger partial charge in [-0.15, -0.1) is 0 Å². The summed E-state index contributed by atoms with van der Waals surface area (Å²) in [5, 5.41) is 3.10. The second-order valence-corrected chi connectivity index (χ2v) is 6.46.